The van der Waals surface area contributed by atoms with E-state index in [2.05, 4.69) is 5.32 Å². The Morgan fingerprint density at radius 3 is 2.75 bits per heavy atom. The van der Waals surface area contributed by atoms with E-state index in [0.29, 0.717) is 41.2 Å². The van der Waals surface area contributed by atoms with Gasteiger partial charge in [-0.2, -0.15) is 0 Å². The normalized spacial score (nSPS) is 16.3. The Hall–Kier alpha value is -2.93. The van der Waals surface area contributed by atoms with Gasteiger partial charge in [0, 0.05) is 29.4 Å². The minimum absolute atomic E-state index is 0.263. The van der Waals surface area contributed by atoms with Crippen LogP contribution in [-0.4, -0.2) is 30.8 Å². The van der Waals surface area contributed by atoms with E-state index in [0.717, 1.165) is 0 Å². The van der Waals surface area contributed by atoms with Gasteiger partial charge in [0.25, 0.3) is 0 Å². The number of nitrogens with zero attached hydrogens (tertiary/aromatic N) is 1. The third kappa shape index (κ3) is 4.48. The standard InChI is InChI=1S/C20H19ClFN3O3/c21-14-8-12(9-15(22)11-14)4-6-24-19(27)17-5-7-25(20(17)28)16-3-1-2-13(10-16)18(23)26/h1-3,8-11,17H,4-7H2,(H2,23,26)(H,24,27)/t17-/m0/s1. The zero-order valence-corrected chi connectivity index (χ0v) is 15.7. The largest absolute Gasteiger partial charge is 0.366 e. The number of nitrogens with one attached hydrogen (secondary N) is 1. The Balaban J connectivity index is 1.59. The first-order chi connectivity index (χ1) is 13.3. The third-order valence-corrected chi connectivity index (χ3v) is 4.82. The molecule has 2 aromatic carbocycles. The lowest BCUT2D eigenvalue weighted by molar-refractivity contribution is -0.132. The maximum Gasteiger partial charge on any atom is 0.248 e. The van der Waals surface area contributed by atoms with E-state index in [1.54, 1.807) is 24.3 Å². The van der Waals surface area contributed by atoms with Gasteiger partial charge in [-0.1, -0.05) is 17.7 Å². The lowest BCUT2D eigenvalue weighted by atomic mass is 10.1. The van der Waals surface area contributed by atoms with Crippen LogP contribution in [0.25, 0.3) is 0 Å². The first-order valence-electron chi connectivity index (χ1n) is 8.79. The van der Waals surface area contributed by atoms with Crippen molar-refractivity contribution in [1.82, 2.24) is 5.32 Å². The van der Waals surface area contributed by atoms with Crippen molar-refractivity contribution >= 4 is 35.0 Å². The number of amides is 3. The van der Waals surface area contributed by atoms with Crippen LogP contribution in [0, 0.1) is 11.7 Å². The fourth-order valence-electron chi connectivity index (χ4n) is 3.22. The number of hydrogen-bond donors (Lipinski definition) is 2. The van der Waals surface area contributed by atoms with E-state index in [1.807, 2.05) is 0 Å². The summed E-state index contributed by atoms with van der Waals surface area (Å²) in [6.45, 7) is 0.637. The molecular weight excluding hydrogens is 385 g/mol. The minimum atomic E-state index is -0.798. The summed E-state index contributed by atoms with van der Waals surface area (Å²) in [5.41, 5.74) is 6.77. The van der Waals surface area contributed by atoms with Crippen LogP contribution in [0.4, 0.5) is 10.1 Å². The highest BCUT2D eigenvalue weighted by molar-refractivity contribution is 6.30. The number of nitrogens with two attached hydrogens (primary N) is 1. The first-order valence-corrected chi connectivity index (χ1v) is 9.17. The van der Waals surface area contributed by atoms with E-state index < -0.39 is 17.6 Å². The lowest BCUT2D eigenvalue weighted by Gasteiger charge is -2.17. The highest BCUT2D eigenvalue weighted by atomic mass is 35.5. The Morgan fingerprint density at radius 2 is 2.04 bits per heavy atom. The Bertz CT molecular complexity index is 914. The third-order valence-electron chi connectivity index (χ3n) is 4.60. The molecule has 3 rings (SSSR count). The van der Waals surface area contributed by atoms with Gasteiger partial charge >= 0.3 is 0 Å². The number of hydrogen-bond acceptors (Lipinski definition) is 3. The smallest absolute Gasteiger partial charge is 0.248 e. The zero-order chi connectivity index (χ0) is 20.3. The number of anilines is 1. The molecule has 0 radical (unpaired) electrons. The van der Waals surface area contributed by atoms with E-state index >= 15 is 0 Å². The van der Waals surface area contributed by atoms with E-state index in [1.165, 1.54) is 23.1 Å². The summed E-state index contributed by atoms with van der Waals surface area (Å²) < 4.78 is 13.3. The predicted molar refractivity (Wildman–Crippen MR) is 104 cm³/mol. The van der Waals surface area contributed by atoms with Crippen LogP contribution in [0.3, 0.4) is 0 Å². The average molecular weight is 404 g/mol. The molecule has 1 atom stereocenters. The molecular formula is C20H19ClFN3O3. The number of rotatable bonds is 6. The molecule has 1 aliphatic rings. The summed E-state index contributed by atoms with van der Waals surface area (Å²) >= 11 is 5.81. The van der Waals surface area contributed by atoms with Gasteiger partial charge in [0.2, 0.25) is 17.7 Å². The molecule has 8 heteroatoms. The van der Waals surface area contributed by atoms with Gasteiger partial charge in [0.05, 0.1) is 0 Å². The number of halogens is 2. The molecule has 3 N–H and O–H groups in total. The maximum absolute atomic E-state index is 13.3. The highest BCUT2D eigenvalue weighted by Crippen LogP contribution is 2.26. The summed E-state index contributed by atoms with van der Waals surface area (Å²) in [6.07, 6.45) is 0.770. The summed E-state index contributed by atoms with van der Waals surface area (Å²) in [7, 11) is 0. The van der Waals surface area contributed by atoms with Crippen LogP contribution in [0.2, 0.25) is 5.02 Å². The molecule has 3 amide bonds. The van der Waals surface area contributed by atoms with Crippen LogP contribution in [0.5, 0.6) is 0 Å². The van der Waals surface area contributed by atoms with Crippen molar-refractivity contribution in [3.63, 3.8) is 0 Å². The molecule has 28 heavy (non-hydrogen) atoms. The van der Waals surface area contributed by atoms with Crippen LogP contribution < -0.4 is 16.0 Å². The van der Waals surface area contributed by atoms with Crippen molar-refractivity contribution < 1.29 is 18.8 Å². The van der Waals surface area contributed by atoms with Gasteiger partial charge in [-0.25, -0.2) is 4.39 Å². The van der Waals surface area contributed by atoms with Gasteiger partial charge in [0.15, 0.2) is 0 Å². The summed E-state index contributed by atoms with van der Waals surface area (Å²) in [4.78, 5) is 37.8. The second-order valence-electron chi connectivity index (χ2n) is 6.56. The van der Waals surface area contributed by atoms with Crippen LogP contribution in [0.1, 0.15) is 22.3 Å². The van der Waals surface area contributed by atoms with Crippen molar-refractivity contribution in [3.8, 4) is 0 Å². The molecule has 0 bridgehead atoms. The fraction of sp³-hybridized carbons (Fsp3) is 0.250. The second-order valence-corrected chi connectivity index (χ2v) is 7.00. The number of benzene rings is 2. The lowest BCUT2D eigenvalue weighted by Crippen LogP contribution is -2.37. The molecule has 2 aromatic rings. The molecule has 1 heterocycles. The maximum atomic E-state index is 13.3. The predicted octanol–water partition coefficient (Wildman–Crippen LogP) is 2.29. The van der Waals surface area contributed by atoms with E-state index in [4.69, 9.17) is 17.3 Å². The van der Waals surface area contributed by atoms with Crippen molar-refractivity contribution in [2.24, 2.45) is 11.7 Å². The monoisotopic (exact) mass is 403 g/mol. The van der Waals surface area contributed by atoms with Gasteiger partial charge in [0.1, 0.15) is 11.7 Å². The van der Waals surface area contributed by atoms with Crippen LogP contribution >= 0.6 is 11.6 Å². The van der Waals surface area contributed by atoms with Crippen molar-refractivity contribution in [2.45, 2.75) is 12.8 Å². The number of primary amides is 1. The van der Waals surface area contributed by atoms with Gasteiger partial charge in [-0.05, 0) is 54.8 Å². The quantitative estimate of drug-likeness (QED) is 0.725. The van der Waals surface area contributed by atoms with Crippen LogP contribution in [-0.2, 0) is 16.0 Å². The molecule has 6 nitrogen and oxygen atoms in total. The molecule has 1 fully saturated rings. The molecule has 1 aliphatic heterocycles. The van der Waals surface area contributed by atoms with E-state index in [9.17, 15) is 18.8 Å². The average Bonchev–Trinajstić information content (AvgIpc) is 3.02. The molecule has 0 spiro atoms. The topological polar surface area (TPSA) is 92.5 Å². The summed E-state index contributed by atoms with van der Waals surface area (Å²) in [5, 5.41) is 3.01. The Morgan fingerprint density at radius 1 is 1.25 bits per heavy atom. The van der Waals surface area contributed by atoms with Gasteiger partial charge in [-0.15, -0.1) is 0 Å². The molecule has 0 saturated carbocycles. The van der Waals surface area contributed by atoms with Gasteiger partial charge < -0.3 is 16.0 Å². The van der Waals surface area contributed by atoms with Crippen molar-refractivity contribution in [3.05, 3.63) is 64.4 Å². The first kappa shape index (κ1) is 19.8. The second kappa shape index (κ2) is 8.39. The molecule has 146 valence electrons. The molecule has 0 aliphatic carbocycles. The summed E-state index contributed by atoms with van der Waals surface area (Å²) in [6, 6.07) is 10.6. The van der Waals surface area contributed by atoms with E-state index in [-0.39, 0.29) is 18.4 Å². The number of carbonyl (C=O) groups is 3. The molecule has 0 unspecified atom stereocenters. The number of carbonyl (C=O) groups excluding carboxylic acids is 3. The highest BCUT2D eigenvalue weighted by Gasteiger charge is 2.37. The fourth-order valence-corrected chi connectivity index (χ4v) is 3.46. The molecule has 0 aromatic heterocycles. The Labute approximate surface area is 166 Å². The Kier molecular flexibility index (Phi) is 5.94. The van der Waals surface area contributed by atoms with Crippen molar-refractivity contribution in [1.29, 1.82) is 0 Å². The summed E-state index contributed by atoms with van der Waals surface area (Å²) in [5.74, 6) is -2.52. The minimum Gasteiger partial charge on any atom is -0.366 e. The van der Waals surface area contributed by atoms with Gasteiger partial charge in [-0.3, -0.25) is 14.4 Å². The molecule has 1 saturated heterocycles. The van der Waals surface area contributed by atoms with Crippen molar-refractivity contribution in [2.75, 3.05) is 18.0 Å². The zero-order valence-electron chi connectivity index (χ0n) is 15.0. The SMILES string of the molecule is NC(=O)c1cccc(N2CC[C@@H](C(=O)NCCc3cc(F)cc(Cl)c3)C2=O)c1. The van der Waals surface area contributed by atoms with Crippen LogP contribution in [0.15, 0.2) is 42.5 Å².